The number of allylic oxidation sites excluding steroid dienone is 1. The van der Waals surface area contributed by atoms with Crippen LogP contribution in [0.25, 0.3) is 0 Å². The van der Waals surface area contributed by atoms with Gasteiger partial charge in [-0.15, -0.1) is 12.6 Å². The molecule has 0 aromatic carbocycles. The van der Waals surface area contributed by atoms with E-state index in [1.54, 1.807) is 0 Å². The van der Waals surface area contributed by atoms with Crippen LogP contribution in [0.2, 0.25) is 0 Å². The van der Waals surface area contributed by atoms with Gasteiger partial charge in [0.15, 0.2) is 0 Å². The van der Waals surface area contributed by atoms with Crippen LogP contribution in [0.3, 0.4) is 0 Å². The van der Waals surface area contributed by atoms with Crippen LogP contribution in [0.15, 0.2) is 11.1 Å². The van der Waals surface area contributed by atoms with E-state index < -0.39 is 0 Å². The fourth-order valence-electron chi connectivity index (χ4n) is 0.436. The van der Waals surface area contributed by atoms with Gasteiger partial charge >= 0.3 is 0 Å². The van der Waals surface area contributed by atoms with Crippen molar-refractivity contribution in [3.05, 3.63) is 11.1 Å². The topological polar surface area (TPSA) is 12.0 Å². The number of nitrogens with one attached hydrogen (secondary N) is 1. The van der Waals surface area contributed by atoms with Crippen LogP contribution in [0.5, 0.6) is 0 Å². The fraction of sp³-hybridized carbons (Fsp3) is 0.714. The maximum absolute atomic E-state index is 4.20. The van der Waals surface area contributed by atoms with Crippen LogP contribution >= 0.6 is 12.6 Å². The summed E-state index contributed by atoms with van der Waals surface area (Å²) in [6.07, 6.45) is 4.15. The lowest BCUT2D eigenvalue weighted by molar-refractivity contribution is 0.805. The molecule has 0 spiro atoms. The highest BCUT2D eigenvalue weighted by Crippen LogP contribution is 2.01. The van der Waals surface area contributed by atoms with E-state index in [1.807, 2.05) is 6.20 Å². The van der Waals surface area contributed by atoms with Gasteiger partial charge in [0.1, 0.15) is 0 Å². The van der Waals surface area contributed by atoms with E-state index in [1.165, 1.54) is 6.42 Å². The monoisotopic (exact) mass is 145 g/mol. The van der Waals surface area contributed by atoms with E-state index in [-0.39, 0.29) is 0 Å². The van der Waals surface area contributed by atoms with Crippen LogP contribution in [0, 0.1) is 0 Å². The van der Waals surface area contributed by atoms with Crippen molar-refractivity contribution < 1.29 is 0 Å². The van der Waals surface area contributed by atoms with Crippen molar-refractivity contribution in [2.24, 2.45) is 0 Å². The summed E-state index contributed by atoms with van der Waals surface area (Å²) in [6, 6.07) is 0. The smallest absolute Gasteiger partial charge is 0.0139 e. The standard InChI is InChI=1S/C7H15NS/c1-3-5-8-6-7(9)4-2/h6,8-9H,3-5H2,1-2H3/b7-6+. The molecule has 0 aliphatic heterocycles. The first-order valence-corrected chi connectivity index (χ1v) is 3.87. The van der Waals surface area contributed by atoms with Crippen molar-refractivity contribution in [1.82, 2.24) is 5.32 Å². The molecule has 54 valence electrons. The van der Waals surface area contributed by atoms with Gasteiger partial charge in [-0.2, -0.15) is 0 Å². The van der Waals surface area contributed by atoms with E-state index >= 15 is 0 Å². The molecule has 0 rings (SSSR count). The zero-order valence-electron chi connectivity index (χ0n) is 6.15. The Balaban J connectivity index is 3.21. The molecular weight excluding hydrogens is 130 g/mol. The summed E-state index contributed by atoms with van der Waals surface area (Å²) in [5.74, 6) is 0. The molecule has 0 aliphatic carbocycles. The first-order valence-electron chi connectivity index (χ1n) is 3.42. The maximum atomic E-state index is 4.20. The molecule has 0 saturated carbocycles. The van der Waals surface area contributed by atoms with Crippen molar-refractivity contribution in [3.8, 4) is 0 Å². The second-order valence-corrected chi connectivity index (χ2v) is 2.52. The van der Waals surface area contributed by atoms with Crippen LogP contribution in [0.1, 0.15) is 26.7 Å². The Hall–Kier alpha value is -0.110. The normalized spacial score (nSPS) is 11.7. The third-order valence-electron chi connectivity index (χ3n) is 1.03. The molecular formula is C7H15NS. The van der Waals surface area contributed by atoms with Gasteiger partial charge in [0, 0.05) is 12.7 Å². The Morgan fingerprint density at radius 1 is 1.56 bits per heavy atom. The highest BCUT2D eigenvalue weighted by Gasteiger charge is 1.81. The summed E-state index contributed by atoms with van der Waals surface area (Å²) >= 11 is 4.20. The highest BCUT2D eigenvalue weighted by atomic mass is 32.1. The predicted molar refractivity (Wildman–Crippen MR) is 45.7 cm³/mol. The molecule has 0 amide bonds. The van der Waals surface area contributed by atoms with Crippen molar-refractivity contribution >= 4 is 12.6 Å². The first kappa shape index (κ1) is 8.89. The minimum absolute atomic E-state index is 1.01. The summed E-state index contributed by atoms with van der Waals surface area (Å²) in [7, 11) is 0. The molecule has 0 fully saturated rings. The van der Waals surface area contributed by atoms with Crippen LogP contribution in [0.4, 0.5) is 0 Å². The SMILES string of the molecule is CCCN/C=C(/S)CC. The third-order valence-corrected chi connectivity index (χ3v) is 1.47. The first-order chi connectivity index (χ1) is 4.31. The number of hydrogen-bond donors (Lipinski definition) is 2. The Morgan fingerprint density at radius 3 is 2.67 bits per heavy atom. The van der Waals surface area contributed by atoms with E-state index in [2.05, 4.69) is 31.8 Å². The van der Waals surface area contributed by atoms with Gasteiger partial charge in [0.2, 0.25) is 0 Å². The van der Waals surface area contributed by atoms with Gasteiger partial charge in [-0.25, -0.2) is 0 Å². The molecule has 0 aromatic heterocycles. The van der Waals surface area contributed by atoms with E-state index in [9.17, 15) is 0 Å². The molecule has 0 heterocycles. The second-order valence-electron chi connectivity index (χ2n) is 1.94. The van der Waals surface area contributed by atoms with Gasteiger partial charge in [0.05, 0.1) is 0 Å². The Kier molecular flexibility index (Phi) is 5.94. The highest BCUT2D eigenvalue weighted by molar-refractivity contribution is 7.84. The average Bonchev–Trinajstić information content (AvgIpc) is 1.89. The maximum Gasteiger partial charge on any atom is 0.0139 e. The lowest BCUT2D eigenvalue weighted by Gasteiger charge is -1.97. The molecule has 0 radical (unpaired) electrons. The molecule has 1 N–H and O–H groups in total. The van der Waals surface area contributed by atoms with Crippen molar-refractivity contribution in [2.75, 3.05) is 6.54 Å². The van der Waals surface area contributed by atoms with E-state index in [4.69, 9.17) is 0 Å². The Labute approximate surface area is 62.9 Å². The lowest BCUT2D eigenvalue weighted by atomic mass is 10.4. The van der Waals surface area contributed by atoms with Gasteiger partial charge in [-0.3, -0.25) is 0 Å². The Morgan fingerprint density at radius 2 is 2.22 bits per heavy atom. The second kappa shape index (κ2) is 6.02. The van der Waals surface area contributed by atoms with Crippen molar-refractivity contribution in [2.45, 2.75) is 26.7 Å². The third kappa shape index (κ3) is 5.77. The molecule has 0 bridgehead atoms. The van der Waals surface area contributed by atoms with Gasteiger partial charge in [0.25, 0.3) is 0 Å². The van der Waals surface area contributed by atoms with Crippen LogP contribution in [-0.2, 0) is 0 Å². The van der Waals surface area contributed by atoms with E-state index in [0.717, 1.165) is 17.9 Å². The molecule has 0 atom stereocenters. The van der Waals surface area contributed by atoms with Crippen LogP contribution < -0.4 is 5.32 Å². The summed E-state index contributed by atoms with van der Waals surface area (Å²) in [6.45, 7) is 5.28. The van der Waals surface area contributed by atoms with Crippen molar-refractivity contribution in [1.29, 1.82) is 0 Å². The summed E-state index contributed by atoms with van der Waals surface area (Å²) in [4.78, 5) is 1.11. The minimum atomic E-state index is 1.01. The largest absolute Gasteiger partial charge is 0.390 e. The fourth-order valence-corrected chi connectivity index (χ4v) is 0.528. The Bertz CT molecular complexity index is 88.9. The van der Waals surface area contributed by atoms with Crippen molar-refractivity contribution in [3.63, 3.8) is 0 Å². The van der Waals surface area contributed by atoms with Gasteiger partial charge in [-0.05, 0) is 17.7 Å². The zero-order chi connectivity index (χ0) is 7.11. The lowest BCUT2D eigenvalue weighted by Crippen LogP contribution is -2.05. The predicted octanol–water partition coefficient (Wildman–Crippen LogP) is 2.17. The van der Waals surface area contributed by atoms with Gasteiger partial charge in [-0.1, -0.05) is 13.8 Å². The molecule has 0 unspecified atom stereocenters. The molecule has 0 aliphatic rings. The molecule has 0 aromatic rings. The summed E-state index contributed by atoms with van der Waals surface area (Å²) in [5.41, 5.74) is 0. The molecule has 2 heteroatoms. The number of thiol groups is 1. The molecule has 9 heavy (non-hydrogen) atoms. The van der Waals surface area contributed by atoms with Crippen LogP contribution in [-0.4, -0.2) is 6.54 Å². The minimum Gasteiger partial charge on any atom is -0.390 e. The summed E-state index contributed by atoms with van der Waals surface area (Å²) < 4.78 is 0. The van der Waals surface area contributed by atoms with E-state index in [0.29, 0.717) is 0 Å². The molecule has 0 saturated heterocycles. The quantitative estimate of drug-likeness (QED) is 0.456. The molecule has 1 nitrogen and oxygen atoms in total. The average molecular weight is 145 g/mol. The number of hydrogen-bond acceptors (Lipinski definition) is 2. The van der Waals surface area contributed by atoms with Gasteiger partial charge < -0.3 is 5.32 Å². The zero-order valence-corrected chi connectivity index (χ0v) is 7.04. The number of rotatable bonds is 4. The summed E-state index contributed by atoms with van der Waals surface area (Å²) in [5, 5.41) is 3.15.